The second-order valence-corrected chi connectivity index (χ2v) is 5.85. The van der Waals surface area contributed by atoms with Crippen molar-refractivity contribution in [1.29, 1.82) is 0 Å². The van der Waals surface area contributed by atoms with Crippen molar-refractivity contribution in [2.75, 3.05) is 23.7 Å². The fourth-order valence-corrected chi connectivity index (χ4v) is 3.18. The molecule has 22 heavy (non-hydrogen) atoms. The van der Waals surface area contributed by atoms with Crippen LogP contribution in [0.1, 0.15) is 41.3 Å². The molecule has 114 valence electrons. The van der Waals surface area contributed by atoms with Crippen LogP contribution in [0.15, 0.2) is 42.5 Å². The van der Waals surface area contributed by atoms with Gasteiger partial charge in [-0.3, -0.25) is 4.79 Å². The molecule has 0 saturated heterocycles. The highest BCUT2D eigenvalue weighted by Gasteiger charge is 2.19. The molecule has 0 radical (unpaired) electrons. The summed E-state index contributed by atoms with van der Waals surface area (Å²) in [6.07, 6.45) is 3.33. The Kier molecular flexibility index (Phi) is 4.14. The number of para-hydroxylation sites is 1. The average Bonchev–Trinajstić information content (AvgIpc) is 2.55. The smallest absolute Gasteiger partial charge is 0.195 e. The molecule has 3 rings (SSSR count). The Morgan fingerprint density at radius 1 is 1.23 bits per heavy atom. The number of nitrogen functional groups attached to an aromatic ring is 1. The summed E-state index contributed by atoms with van der Waals surface area (Å²) in [6, 6.07) is 13.3. The Morgan fingerprint density at radius 2 is 2.05 bits per heavy atom. The lowest BCUT2D eigenvalue weighted by Crippen LogP contribution is -2.30. The van der Waals surface area contributed by atoms with E-state index in [4.69, 9.17) is 5.73 Å². The average molecular weight is 294 g/mol. The van der Waals surface area contributed by atoms with Crippen LogP contribution in [-0.2, 0) is 6.42 Å². The van der Waals surface area contributed by atoms with Crippen molar-refractivity contribution in [3.05, 3.63) is 59.2 Å². The highest BCUT2D eigenvalue weighted by Crippen LogP contribution is 2.29. The first-order valence-electron chi connectivity index (χ1n) is 7.97. The molecule has 2 aromatic carbocycles. The van der Waals surface area contributed by atoms with Gasteiger partial charge in [-0.1, -0.05) is 19.1 Å². The molecule has 0 amide bonds. The van der Waals surface area contributed by atoms with Crippen molar-refractivity contribution in [3.63, 3.8) is 0 Å². The number of nitrogens with two attached hydrogens (primary N) is 1. The number of hydrogen-bond acceptors (Lipinski definition) is 3. The maximum absolute atomic E-state index is 12.7. The van der Waals surface area contributed by atoms with Crippen molar-refractivity contribution >= 4 is 17.2 Å². The Labute approximate surface area is 131 Å². The third-order valence-corrected chi connectivity index (χ3v) is 4.26. The van der Waals surface area contributed by atoms with Crippen molar-refractivity contribution in [2.24, 2.45) is 0 Å². The van der Waals surface area contributed by atoms with E-state index in [1.807, 2.05) is 24.3 Å². The van der Waals surface area contributed by atoms with Crippen LogP contribution in [-0.4, -0.2) is 18.9 Å². The van der Waals surface area contributed by atoms with Crippen LogP contribution in [0.25, 0.3) is 0 Å². The molecule has 0 fully saturated rings. The second kappa shape index (κ2) is 6.22. The van der Waals surface area contributed by atoms with Gasteiger partial charge in [0.2, 0.25) is 0 Å². The highest BCUT2D eigenvalue weighted by molar-refractivity contribution is 6.12. The Bertz CT molecular complexity index is 694. The molecule has 3 nitrogen and oxygen atoms in total. The van der Waals surface area contributed by atoms with Gasteiger partial charge in [0.05, 0.1) is 0 Å². The van der Waals surface area contributed by atoms with Crippen LogP contribution in [0.5, 0.6) is 0 Å². The highest BCUT2D eigenvalue weighted by atomic mass is 16.1. The number of hydrogen-bond donors (Lipinski definition) is 1. The molecule has 1 heterocycles. The lowest BCUT2D eigenvalue weighted by atomic mass is 9.95. The first-order valence-corrected chi connectivity index (χ1v) is 7.97. The third-order valence-electron chi connectivity index (χ3n) is 4.26. The summed E-state index contributed by atoms with van der Waals surface area (Å²) >= 11 is 0. The molecule has 0 aromatic heterocycles. The quantitative estimate of drug-likeness (QED) is 0.691. The van der Waals surface area contributed by atoms with E-state index in [1.54, 1.807) is 12.1 Å². The number of carbonyl (C=O) groups excluding carboxylic acids is 1. The van der Waals surface area contributed by atoms with Gasteiger partial charge in [0, 0.05) is 35.6 Å². The molecule has 3 heteroatoms. The summed E-state index contributed by atoms with van der Waals surface area (Å²) in [4.78, 5) is 15.1. The Balaban J connectivity index is 1.94. The monoisotopic (exact) mass is 294 g/mol. The van der Waals surface area contributed by atoms with E-state index in [0.717, 1.165) is 37.9 Å². The normalized spacial score (nSPS) is 13.8. The molecule has 2 aromatic rings. The predicted molar refractivity (Wildman–Crippen MR) is 91.6 cm³/mol. The maximum Gasteiger partial charge on any atom is 0.195 e. The molecule has 0 atom stereocenters. The van der Waals surface area contributed by atoms with Gasteiger partial charge >= 0.3 is 0 Å². The third kappa shape index (κ3) is 2.71. The van der Waals surface area contributed by atoms with Crippen molar-refractivity contribution in [2.45, 2.75) is 26.2 Å². The lowest BCUT2D eigenvalue weighted by Gasteiger charge is -2.31. The minimum atomic E-state index is 0.00788. The molecule has 0 saturated carbocycles. The fourth-order valence-electron chi connectivity index (χ4n) is 3.18. The molecular weight excluding hydrogens is 272 g/mol. The zero-order valence-electron chi connectivity index (χ0n) is 13.0. The van der Waals surface area contributed by atoms with Gasteiger partial charge in [0.25, 0.3) is 0 Å². The summed E-state index contributed by atoms with van der Waals surface area (Å²) in [7, 11) is 0. The van der Waals surface area contributed by atoms with Gasteiger partial charge in [-0.05, 0) is 55.2 Å². The molecule has 1 aliphatic rings. The zero-order valence-corrected chi connectivity index (χ0v) is 13.0. The number of ketones is 1. The molecular formula is C19H22N2O. The number of carbonyl (C=O) groups is 1. The maximum atomic E-state index is 12.7. The van der Waals surface area contributed by atoms with E-state index in [-0.39, 0.29) is 5.78 Å². The summed E-state index contributed by atoms with van der Waals surface area (Å²) < 4.78 is 0. The van der Waals surface area contributed by atoms with Crippen molar-refractivity contribution in [1.82, 2.24) is 0 Å². The van der Waals surface area contributed by atoms with Crippen LogP contribution < -0.4 is 10.6 Å². The number of fused-ring (bicyclic) bond motifs is 1. The van der Waals surface area contributed by atoms with Crippen LogP contribution in [0.4, 0.5) is 11.4 Å². The van der Waals surface area contributed by atoms with E-state index in [9.17, 15) is 4.79 Å². The molecule has 0 aliphatic carbocycles. The van der Waals surface area contributed by atoms with Crippen molar-refractivity contribution in [3.8, 4) is 0 Å². The summed E-state index contributed by atoms with van der Waals surface area (Å²) in [5.74, 6) is 0.00788. The summed E-state index contributed by atoms with van der Waals surface area (Å²) in [6.45, 7) is 4.38. The molecule has 2 N–H and O–H groups in total. The van der Waals surface area contributed by atoms with E-state index in [2.05, 4.69) is 17.9 Å². The lowest BCUT2D eigenvalue weighted by molar-refractivity contribution is 0.103. The zero-order chi connectivity index (χ0) is 15.5. The van der Waals surface area contributed by atoms with Gasteiger partial charge in [0.15, 0.2) is 5.78 Å². The van der Waals surface area contributed by atoms with Gasteiger partial charge in [-0.2, -0.15) is 0 Å². The molecule has 0 unspecified atom stereocenters. The summed E-state index contributed by atoms with van der Waals surface area (Å²) in [5, 5.41) is 0. The van der Waals surface area contributed by atoms with E-state index in [1.165, 1.54) is 11.3 Å². The van der Waals surface area contributed by atoms with Crippen LogP contribution in [0.3, 0.4) is 0 Å². The first kappa shape index (κ1) is 14.6. The van der Waals surface area contributed by atoms with E-state index >= 15 is 0 Å². The number of nitrogens with zero attached hydrogens (tertiary/aromatic N) is 1. The second-order valence-electron chi connectivity index (χ2n) is 5.85. The standard InChI is InChI=1S/C19H22N2O/c1-2-11-21-12-5-6-14-13-15(9-10-18(14)21)19(22)16-7-3-4-8-17(16)20/h3-4,7-10,13H,2,5-6,11-12,20H2,1H3. The fraction of sp³-hybridized carbons (Fsp3) is 0.316. The number of anilines is 2. The van der Waals surface area contributed by atoms with Crippen molar-refractivity contribution < 1.29 is 4.79 Å². The number of benzene rings is 2. The van der Waals surface area contributed by atoms with E-state index in [0.29, 0.717) is 11.3 Å². The topological polar surface area (TPSA) is 46.3 Å². The largest absolute Gasteiger partial charge is 0.398 e. The Hall–Kier alpha value is -2.29. The van der Waals surface area contributed by atoms with Gasteiger partial charge in [-0.15, -0.1) is 0 Å². The molecule has 1 aliphatic heterocycles. The minimum Gasteiger partial charge on any atom is -0.398 e. The number of rotatable bonds is 4. The predicted octanol–water partition coefficient (Wildman–Crippen LogP) is 3.66. The van der Waals surface area contributed by atoms with Crippen LogP contribution in [0.2, 0.25) is 0 Å². The first-order chi connectivity index (χ1) is 10.7. The number of aryl methyl sites for hydroxylation is 1. The Morgan fingerprint density at radius 3 is 2.82 bits per heavy atom. The molecule has 0 spiro atoms. The summed E-state index contributed by atoms with van der Waals surface area (Å²) in [5.41, 5.74) is 10.3. The van der Waals surface area contributed by atoms with Gasteiger partial charge in [0.1, 0.15) is 0 Å². The minimum absolute atomic E-state index is 0.00788. The van der Waals surface area contributed by atoms with Crippen LogP contribution >= 0.6 is 0 Å². The van der Waals surface area contributed by atoms with E-state index < -0.39 is 0 Å². The SMILES string of the molecule is CCCN1CCCc2cc(C(=O)c3ccccc3N)ccc21. The molecule has 0 bridgehead atoms. The van der Waals surface area contributed by atoms with Gasteiger partial charge in [-0.25, -0.2) is 0 Å². The van der Waals surface area contributed by atoms with Crippen LogP contribution in [0, 0.1) is 0 Å². The van der Waals surface area contributed by atoms with Gasteiger partial charge < -0.3 is 10.6 Å².